The van der Waals surface area contributed by atoms with E-state index in [-0.39, 0.29) is 16.9 Å². The summed E-state index contributed by atoms with van der Waals surface area (Å²) >= 11 is 0. The maximum absolute atomic E-state index is 12.5. The van der Waals surface area contributed by atoms with Gasteiger partial charge in [-0.05, 0) is 33.6 Å². The lowest BCUT2D eigenvalue weighted by Crippen LogP contribution is -2.54. The maximum Gasteiger partial charge on any atom is 0.176 e. The van der Waals surface area contributed by atoms with Gasteiger partial charge in [-0.2, -0.15) is 0 Å². The monoisotopic (exact) mass is 210 g/mol. The van der Waals surface area contributed by atoms with Crippen LogP contribution in [0.15, 0.2) is 0 Å². The van der Waals surface area contributed by atoms with Crippen LogP contribution in [0.3, 0.4) is 0 Å². The minimum absolute atomic E-state index is 0.265. The molecule has 3 rings (SSSR count). The maximum atomic E-state index is 12.5. The van der Waals surface area contributed by atoms with Crippen molar-refractivity contribution in [2.75, 3.05) is 13.2 Å². The molecular formula is C12H18O3. The van der Waals surface area contributed by atoms with Crippen LogP contribution in [0.25, 0.3) is 0 Å². The molecule has 0 aromatic carbocycles. The largest absolute Gasteiger partial charge is 0.370 e. The SMILES string of the molecule is CCOC12COC3(C)C1CCC3(C)C2=O. The van der Waals surface area contributed by atoms with Crippen LogP contribution in [0, 0.1) is 11.3 Å². The number of rotatable bonds is 2. The predicted molar refractivity (Wildman–Crippen MR) is 54.6 cm³/mol. The van der Waals surface area contributed by atoms with Gasteiger partial charge in [0.25, 0.3) is 0 Å². The van der Waals surface area contributed by atoms with E-state index in [1.807, 2.05) is 6.92 Å². The van der Waals surface area contributed by atoms with Gasteiger partial charge in [0, 0.05) is 12.5 Å². The highest BCUT2D eigenvalue weighted by atomic mass is 16.6. The molecular weight excluding hydrogens is 192 g/mol. The quantitative estimate of drug-likeness (QED) is 0.693. The molecule has 3 aliphatic rings. The summed E-state index contributed by atoms with van der Waals surface area (Å²) in [5, 5.41) is 0. The van der Waals surface area contributed by atoms with Gasteiger partial charge >= 0.3 is 0 Å². The molecule has 4 unspecified atom stereocenters. The predicted octanol–water partition coefficient (Wildman–Crippen LogP) is 1.55. The first-order valence-electron chi connectivity index (χ1n) is 5.84. The molecule has 4 bridgehead atoms. The summed E-state index contributed by atoms with van der Waals surface area (Å²) in [4.78, 5) is 12.5. The van der Waals surface area contributed by atoms with E-state index in [2.05, 4.69) is 13.8 Å². The molecule has 0 radical (unpaired) electrons. The van der Waals surface area contributed by atoms with Crippen molar-refractivity contribution in [2.24, 2.45) is 11.3 Å². The molecule has 1 heterocycles. The molecule has 2 saturated carbocycles. The van der Waals surface area contributed by atoms with Crippen molar-refractivity contribution < 1.29 is 14.3 Å². The summed E-state index contributed by atoms with van der Waals surface area (Å²) in [6.07, 6.45) is 2.03. The summed E-state index contributed by atoms with van der Waals surface area (Å²) in [6.45, 7) is 7.16. The van der Waals surface area contributed by atoms with Crippen molar-refractivity contribution in [1.82, 2.24) is 0 Å². The topological polar surface area (TPSA) is 35.5 Å². The molecule has 4 atom stereocenters. The Labute approximate surface area is 90.1 Å². The fourth-order valence-corrected chi connectivity index (χ4v) is 4.13. The number of Topliss-reactive ketones (excluding diaryl/α,β-unsaturated/α-hetero) is 1. The Balaban J connectivity index is 2.12. The van der Waals surface area contributed by atoms with Gasteiger partial charge in [0.2, 0.25) is 0 Å². The van der Waals surface area contributed by atoms with Gasteiger partial charge in [-0.3, -0.25) is 4.79 Å². The Morgan fingerprint density at radius 1 is 1.53 bits per heavy atom. The lowest BCUT2D eigenvalue weighted by Gasteiger charge is -2.40. The molecule has 3 fully saturated rings. The molecule has 1 aliphatic heterocycles. The Kier molecular flexibility index (Phi) is 1.61. The molecule has 3 heteroatoms. The average molecular weight is 210 g/mol. The van der Waals surface area contributed by atoms with Crippen LogP contribution in [0.1, 0.15) is 33.6 Å². The summed E-state index contributed by atoms with van der Waals surface area (Å²) in [5.41, 5.74) is -1.17. The van der Waals surface area contributed by atoms with E-state index in [4.69, 9.17) is 9.47 Å². The van der Waals surface area contributed by atoms with Crippen molar-refractivity contribution in [2.45, 2.75) is 44.8 Å². The molecule has 15 heavy (non-hydrogen) atoms. The fraction of sp³-hybridized carbons (Fsp3) is 0.917. The number of ketones is 1. The molecule has 2 aliphatic carbocycles. The highest BCUT2D eigenvalue weighted by molar-refractivity contribution is 5.99. The highest BCUT2D eigenvalue weighted by Gasteiger charge is 2.80. The van der Waals surface area contributed by atoms with E-state index in [1.54, 1.807) is 0 Å². The molecule has 0 N–H and O–H groups in total. The molecule has 84 valence electrons. The Bertz CT molecular complexity index is 336. The van der Waals surface area contributed by atoms with Crippen LogP contribution in [0.2, 0.25) is 0 Å². The number of hydrogen-bond acceptors (Lipinski definition) is 3. The second-order valence-corrected chi connectivity index (χ2v) is 5.47. The van der Waals surface area contributed by atoms with Crippen LogP contribution < -0.4 is 0 Å². The zero-order valence-electron chi connectivity index (χ0n) is 9.63. The van der Waals surface area contributed by atoms with Crippen molar-refractivity contribution in [1.29, 1.82) is 0 Å². The zero-order valence-corrected chi connectivity index (χ0v) is 9.63. The van der Waals surface area contributed by atoms with Crippen molar-refractivity contribution in [3.8, 4) is 0 Å². The van der Waals surface area contributed by atoms with Crippen molar-refractivity contribution in [3.63, 3.8) is 0 Å². The first-order valence-corrected chi connectivity index (χ1v) is 5.84. The van der Waals surface area contributed by atoms with Crippen molar-refractivity contribution in [3.05, 3.63) is 0 Å². The fourth-order valence-electron chi connectivity index (χ4n) is 4.13. The normalized spacial score (nSPS) is 56.7. The number of hydrogen-bond donors (Lipinski definition) is 0. The molecule has 0 aromatic rings. The number of carbonyl (C=O) groups excluding carboxylic acids is 1. The summed E-state index contributed by atoms with van der Waals surface area (Å²) in [6, 6.07) is 0. The van der Waals surface area contributed by atoms with Gasteiger partial charge in [0.1, 0.15) is 0 Å². The van der Waals surface area contributed by atoms with Gasteiger partial charge in [0.15, 0.2) is 11.4 Å². The Morgan fingerprint density at radius 2 is 2.27 bits per heavy atom. The third-order valence-electron chi connectivity index (χ3n) is 5.13. The first kappa shape index (κ1) is 9.79. The zero-order chi connectivity index (χ0) is 10.9. The average Bonchev–Trinajstić information content (AvgIpc) is 2.67. The Hall–Kier alpha value is -0.410. The van der Waals surface area contributed by atoms with Gasteiger partial charge in [0.05, 0.1) is 17.6 Å². The summed E-state index contributed by atoms with van der Waals surface area (Å²) in [7, 11) is 0. The summed E-state index contributed by atoms with van der Waals surface area (Å²) < 4.78 is 11.7. The Morgan fingerprint density at radius 3 is 2.80 bits per heavy atom. The first-order chi connectivity index (χ1) is 7.01. The molecule has 0 spiro atoms. The van der Waals surface area contributed by atoms with Gasteiger partial charge in [-0.1, -0.05) is 0 Å². The van der Waals surface area contributed by atoms with Crippen LogP contribution in [0.4, 0.5) is 0 Å². The third-order valence-corrected chi connectivity index (χ3v) is 5.13. The van der Waals surface area contributed by atoms with Crippen LogP contribution in [-0.4, -0.2) is 30.2 Å². The highest BCUT2D eigenvalue weighted by Crippen LogP contribution is 2.68. The lowest BCUT2D eigenvalue weighted by atomic mass is 9.74. The van der Waals surface area contributed by atoms with Crippen LogP contribution in [-0.2, 0) is 14.3 Å². The second kappa shape index (κ2) is 2.46. The third kappa shape index (κ3) is 0.742. The van der Waals surface area contributed by atoms with E-state index in [1.165, 1.54) is 0 Å². The van der Waals surface area contributed by atoms with E-state index >= 15 is 0 Å². The van der Waals surface area contributed by atoms with E-state index in [9.17, 15) is 4.79 Å². The van der Waals surface area contributed by atoms with E-state index < -0.39 is 5.60 Å². The standard InChI is InChI=1S/C12H18O3/c1-4-14-12-7-15-11(3)8(12)5-6-10(11,2)9(12)13/h8H,4-7H2,1-3H3. The van der Waals surface area contributed by atoms with Crippen LogP contribution >= 0.6 is 0 Å². The van der Waals surface area contributed by atoms with E-state index in [0.29, 0.717) is 19.0 Å². The van der Waals surface area contributed by atoms with Gasteiger partial charge in [-0.25, -0.2) is 0 Å². The molecule has 1 saturated heterocycles. The van der Waals surface area contributed by atoms with Crippen LogP contribution in [0.5, 0.6) is 0 Å². The molecule has 3 nitrogen and oxygen atoms in total. The molecule has 0 aromatic heterocycles. The molecule has 0 amide bonds. The minimum Gasteiger partial charge on any atom is -0.370 e. The number of ether oxygens (including phenoxy) is 2. The second-order valence-electron chi connectivity index (χ2n) is 5.47. The minimum atomic E-state index is -0.601. The van der Waals surface area contributed by atoms with Gasteiger partial charge in [-0.15, -0.1) is 0 Å². The van der Waals surface area contributed by atoms with Gasteiger partial charge < -0.3 is 9.47 Å². The summed E-state index contributed by atoms with van der Waals surface area (Å²) in [5.74, 6) is 0.573. The van der Waals surface area contributed by atoms with E-state index in [0.717, 1.165) is 12.8 Å². The smallest absolute Gasteiger partial charge is 0.176 e. The van der Waals surface area contributed by atoms with Crippen molar-refractivity contribution >= 4 is 5.78 Å². The lowest BCUT2D eigenvalue weighted by molar-refractivity contribution is -0.173. The number of carbonyl (C=O) groups is 1.